The van der Waals surface area contributed by atoms with Crippen molar-refractivity contribution < 1.29 is 9.18 Å². The fourth-order valence-electron chi connectivity index (χ4n) is 2.01. The predicted octanol–water partition coefficient (Wildman–Crippen LogP) is 3.17. The number of aryl methyl sites for hydroxylation is 1. The Morgan fingerprint density at radius 3 is 2.67 bits per heavy atom. The highest BCUT2D eigenvalue weighted by atomic mass is 35.5. The van der Waals surface area contributed by atoms with Crippen LogP contribution >= 0.6 is 11.6 Å². The van der Waals surface area contributed by atoms with Crippen molar-refractivity contribution in [3.05, 3.63) is 52.1 Å². The minimum Gasteiger partial charge on any atom is -0.352 e. The van der Waals surface area contributed by atoms with Crippen molar-refractivity contribution in [2.45, 2.75) is 26.8 Å². The lowest BCUT2D eigenvalue weighted by Crippen LogP contribution is -2.24. The molecule has 4 nitrogen and oxygen atoms in total. The van der Waals surface area contributed by atoms with E-state index >= 15 is 0 Å². The molecule has 0 radical (unpaired) electrons. The molecule has 6 heteroatoms. The first-order chi connectivity index (χ1) is 10.0. The van der Waals surface area contributed by atoms with Gasteiger partial charge in [0.15, 0.2) is 0 Å². The Morgan fingerprint density at radius 1 is 1.38 bits per heavy atom. The summed E-state index contributed by atoms with van der Waals surface area (Å²) in [4.78, 5) is 12.1. The molecule has 0 fully saturated rings. The molecule has 0 aliphatic rings. The number of carbonyl (C=O) groups is 1. The van der Waals surface area contributed by atoms with E-state index in [2.05, 4.69) is 10.4 Å². The molecule has 0 aliphatic carbocycles. The molecular formula is C15H17ClFN3O. The third-order valence-corrected chi connectivity index (χ3v) is 3.46. The molecule has 1 aromatic carbocycles. The number of carbonyl (C=O) groups excluding carboxylic acids is 1. The van der Waals surface area contributed by atoms with Crippen molar-refractivity contribution in [3.8, 4) is 0 Å². The summed E-state index contributed by atoms with van der Waals surface area (Å²) in [6.45, 7) is 4.71. The summed E-state index contributed by atoms with van der Waals surface area (Å²) in [6.07, 6.45) is 0.853. The molecule has 1 aromatic heterocycles. The van der Waals surface area contributed by atoms with Crippen LogP contribution in [0.3, 0.4) is 0 Å². The van der Waals surface area contributed by atoms with Gasteiger partial charge in [0.2, 0.25) is 0 Å². The molecule has 0 spiro atoms. The summed E-state index contributed by atoms with van der Waals surface area (Å²) >= 11 is 6.25. The summed E-state index contributed by atoms with van der Waals surface area (Å²) < 4.78 is 14.4. The first kappa shape index (κ1) is 15.5. The first-order valence-corrected chi connectivity index (χ1v) is 7.16. The zero-order chi connectivity index (χ0) is 15.4. The number of amides is 1. The summed E-state index contributed by atoms with van der Waals surface area (Å²) in [5.41, 5.74) is 1.84. The lowest BCUT2D eigenvalue weighted by molar-refractivity contribution is 0.0953. The second-order valence-corrected chi connectivity index (χ2v) is 5.15. The number of halogens is 2. The molecule has 0 atom stereocenters. The van der Waals surface area contributed by atoms with E-state index in [0.717, 1.165) is 12.0 Å². The first-order valence-electron chi connectivity index (χ1n) is 6.78. The predicted molar refractivity (Wildman–Crippen MR) is 80.1 cm³/mol. The van der Waals surface area contributed by atoms with Gasteiger partial charge in [0.25, 0.3) is 5.91 Å². The number of hydrogen-bond donors (Lipinski definition) is 1. The van der Waals surface area contributed by atoms with Gasteiger partial charge in [0.05, 0.1) is 17.8 Å². The quantitative estimate of drug-likeness (QED) is 0.922. The molecule has 0 unspecified atom stereocenters. The summed E-state index contributed by atoms with van der Waals surface area (Å²) in [6, 6.07) is 6.10. The maximum Gasteiger partial charge on any atom is 0.256 e. The number of aromatic nitrogens is 2. The summed E-state index contributed by atoms with van der Waals surface area (Å²) in [5, 5.41) is 7.37. The van der Waals surface area contributed by atoms with E-state index in [9.17, 15) is 9.18 Å². The molecule has 0 aliphatic heterocycles. The highest BCUT2D eigenvalue weighted by Crippen LogP contribution is 2.21. The van der Waals surface area contributed by atoms with Crippen LogP contribution in [0, 0.1) is 12.7 Å². The van der Waals surface area contributed by atoms with E-state index in [1.54, 1.807) is 23.7 Å². The second-order valence-electron chi connectivity index (χ2n) is 4.79. The van der Waals surface area contributed by atoms with Gasteiger partial charge in [-0.1, -0.05) is 30.7 Å². The van der Waals surface area contributed by atoms with E-state index in [1.165, 1.54) is 12.1 Å². The minimum absolute atomic E-state index is 0.218. The molecule has 0 bridgehead atoms. The van der Waals surface area contributed by atoms with Crippen LogP contribution in [0.5, 0.6) is 0 Å². The molecule has 0 saturated carbocycles. The van der Waals surface area contributed by atoms with E-state index in [0.29, 0.717) is 29.5 Å². The van der Waals surface area contributed by atoms with Crippen LogP contribution in [0.25, 0.3) is 0 Å². The van der Waals surface area contributed by atoms with Gasteiger partial charge in [0, 0.05) is 6.54 Å². The van der Waals surface area contributed by atoms with Crippen molar-refractivity contribution in [1.82, 2.24) is 15.1 Å². The Hall–Kier alpha value is -1.88. The van der Waals surface area contributed by atoms with Crippen molar-refractivity contribution in [3.63, 3.8) is 0 Å². The van der Waals surface area contributed by atoms with Crippen LogP contribution in [0.15, 0.2) is 24.3 Å². The average molecular weight is 310 g/mol. The normalized spacial score (nSPS) is 10.7. The van der Waals surface area contributed by atoms with E-state index in [-0.39, 0.29) is 11.7 Å². The number of hydrogen-bond acceptors (Lipinski definition) is 2. The number of rotatable bonds is 5. The highest BCUT2D eigenvalue weighted by Gasteiger charge is 2.19. The van der Waals surface area contributed by atoms with Crippen LogP contribution in [0.4, 0.5) is 4.39 Å². The Morgan fingerprint density at radius 2 is 2.05 bits per heavy atom. The van der Waals surface area contributed by atoms with Gasteiger partial charge in [0.1, 0.15) is 11.0 Å². The van der Waals surface area contributed by atoms with Crippen molar-refractivity contribution in [1.29, 1.82) is 0 Å². The molecule has 21 heavy (non-hydrogen) atoms. The SMILES string of the molecule is CCCNC(=O)c1c(C)nn(Cc2ccc(F)cc2)c1Cl. The zero-order valence-corrected chi connectivity index (χ0v) is 12.7. The lowest BCUT2D eigenvalue weighted by Gasteiger charge is -2.05. The van der Waals surface area contributed by atoms with E-state index in [1.807, 2.05) is 6.92 Å². The van der Waals surface area contributed by atoms with Gasteiger partial charge >= 0.3 is 0 Å². The molecule has 112 valence electrons. The lowest BCUT2D eigenvalue weighted by atomic mass is 10.2. The number of nitrogens with one attached hydrogen (secondary N) is 1. The monoisotopic (exact) mass is 309 g/mol. The summed E-state index contributed by atoms with van der Waals surface area (Å²) in [5.74, 6) is -0.508. The number of nitrogens with zero attached hydrogens (tertiary/aromatic N) is 2. The molecule has 1 amide bonds. The van der Waals surface area contributed by atoms with E-state index < -0.39 is 0 Å². The van der Waals surface area contributed by atoms with Crippen LogP contribution in [-0.4, -0.2) is 22.2 Å². The fourth-order valence-corrected chi connectivity index (χ4v) is 2.33. The standard InChI is InChI=1S/C15H17ClFN3O/c1-3-8-18-15(21)13-10(2)19-20(14(13)16)9-11-4-6-12(17)7-5-11/h4-7H,3,8-9H2,1-2H3,(H,18,21). The highest BCUT2D eigenvalue weighted by molar-refractivity contribution is 6.33. The summed E-state index contributed by atoms with van der Waals surface area (Å²) in [7, 11) is 0. The van der Waals surface area contributed by atoms with Gasteiger partial charge in [-0.3, -0.25) is 4.79 Å². The third-order valence-electron chi connectivity index (χ3n) is 3.07. The molecular weight excluding hydrogens is 293 g/mol. The molecule has 0 saturated heterocycles. The topological polar surface area (TPSA) is 46.9 Å². The Balaban J connectivity index is 2.22. The molecule has 2 aromatic rings. The van der Waals surface area contributed by atoms with Crippen LogP contribution in [0.1, 0.15) is 35.0 Å². The van der Waals surface area contributed by atoms with Gasteiger partial charge < -0.3 is 5.32 Å². The molecule has 2 rings (SSSR count). The molecule has 1 N–H and O–H groups in total. The minimum atomic E-state index is -0.291. The number of benzene rings is 1. The Labute approximate surface area is 127 Å². The maximum atomic E-state index is 12.9. The van der Waals surface area contributed by atoms with E-state index in [4.69, 9.17) is 11.6 Å². The Kier molecular flexibility index (Phi) is 4.96. The van der Waals surface area contributed by atoms with Crippen molar-refractivity contribution >= 4 is 17.5 Å². The zero-order valence-electron chi connectivity index (χ0n) is 12.0. The Bertz CT molecular complexity index is 637. The second kappa shape index (κ2) is 6.72. The van der Waals surface area contributed by atoms with Crippen LogP contribution < -0.4 is 5.32 Å². The van der Waals surface area contributed by atoms with Gasteiger partial charge in [-0.2, -0.15) is 5.10 Å². The van der Waals surface area contributed by atoms with Crippen LogP contribution in [-0.2, 0) is 6.54 Å². The molecule has 1 heterocycles. The maximum absolute atomic E-state index is 12.9. The smallest absolute Gasteiger partial charge is 0.256 e. The van der Waals surface area contributed by atoms with Crippen LogP contribution in [0.2, 0.25) is 5.15 Å². The fraction of sp³-hybridized carbons (Fsp3) is 0.333. The van der Waals surface area contributed by atoms with Crippen molar-refractivity contribution in [2.24, 2.45) is 0 Å². The van der Waals surface area contributed by atoms with Gasteiger partial charge in [-0.05, 0) is 31.0 Å². The largest absolute Gasteiger partial charge is 0.352 e. The average Bonchev–Trinajstić information content (AvgIpc) is 2.73. The van der Waals surface area contributed by atoms with Gasteiger partial charge in [-0.15, -0.1) is 0 Å². The van der Waals surface area contributed by atoms with Crippen molar-refractivity contribution in [2.75, 3.05) is 6.54 Å². The third kappa shape index (κ3) is 3.61. The van der Waals surface area contributed by atoms with Gasteiger partial charge in [-0.25, -0.2) is 9.07 Å².